The van der Waals surface area contributed by atoms with Gasteiger partial charge in [-0.1, -0.05) is 39.5 Å². The lowest BCUT2D eigenvalue weighted by atomic mass is 9.97. The zero-order valence-electron chi connectivity index (χ0n) is 10.0. The predicted molar refractivity (Wildman–Crippen MR) is 63.6 cm³/mol. The summed E-state index contributed by atoms with van der Waals surface area (Å²) >= 11 is 0. The molecule has 1 nitrogen and oxygen atoms in total. The van der Waals surface area contributed by atoms with Crippen molar-refractivity contribution in [1.29, 1.82) is 0 Å². The first-order chi connectivity index (χ1) is 6.86. The highest BCUT2D eigenvalue weighted by molar-refractivity contribution is 4.71. The Hall–Kier alpha value is -0.0400. The summed E-state index contributed by atoms with van der Waals surface area (Å²) in [4.78, 5) is 0. The fourth-order valence-corrected chi connectivity index (χ4v) is 2.53. The molecule has 1 aliphatic rings. The van der Waals surface area contributed by atoms with Crippen LogP contribution in [-0.4, -0.2) is 12.6 Å². The van der Waals surface area contributed by atoms with Crippen molar-refractivity contribution in [2.45, 2.75) is 71.3 Å². The summed E-state index contributed by atoms with van der Waals surface area (Å²) in [5.74, 6) is 1.06. The molecule has 1 saturated carbocycles. The third kappa shape index (κ3) is 4.45. The zero-order chi connectivity index (χ0) is 10.2. The molecule has 0 saturated heterocycles. The van der Waals surface area contributed by atoms with Crippen LogP contribution < -0.4 is 5.32 Å². The Morgan fingerprint density at radius 3 is 2.50 bits per heavy atom. The van der Waals surface area contributed by atoms with Crippen molar-refractivity contribution in [2.75, 3.05) is 6.54 Å². The molecule has 1 N–H and O–H groups in total. The lowest BCUT2D eigenvalue weighted by Gasteiger charge is -2.18. The first-order valence-corrected chi connectivity index (χ1v) is 6.60. The Morgan fingerprint density at radius 2 is 1.93 bits per heavy atom. The zero-order valence-corrected chi connectivity index (χ0v) is 10.0. The van der Waals surface area contributed by atoms with Gasteiger partial charge in [-0.25, -0.2) is 0 Å². The van der Waals surface area contributed by atoms with Gasteiger partial charge in [-0.05, 0) is 38.1 Å². The van der Waals surface area contributed by atoms with Crippen molar-refractivity contribution in [2.24, 2.45) is 5.92 Å². The van der Waals surface area contributed by atoms with Crippen molar-refractivity contribution in [1.82, 2.24) is 5.32 Å². The smallest absolute Gasteiger partial charge is 0.00645 e. The third-order valence-electron chi connectivity index (χ3n) is 3.57. The van der Waals surface area contributed by atoms with E-state index in [1.54, 1.807) is 0 Å². The Labute approximate surface area is 89.7 Å². The largest absolute Gasteiger partial charge is 0.314 e. The summed E-state index contributed by atoms with van der Waals surface area (Å²) in [6.45, 7) is 5.75. The van der Waals surface area contributed by atoms with Crippen LogP contribution in [0.25, 0.3) is 0 Å². The second-order valence-corrected chi connectivity index (χ2v) is 4.79. The molecule has 1 aliphatic carbocycles. The van der Waals surface area contributed by atoms with Crippen LogP contribution in [0.1, 0.15) is 65.2 Å². The van der Waals surface area contributed by atoms with Gasteiger partial charge in [0.25, 0.3) is 0 Å². The number of rotatable bonds is 7. The summed E-state index contributed by atoms with van der Waals surface area (Å²) < 4.78 is 0. The second kappa shape index (κ2) is 7.28. The summed E-state index contributed by atoms with van der Waals surface area (Å²) in [6.07, 6.45) is 11.4. The summed E-state index contributed by atoms with van der Waals surface area (Å²) in [5.41, 5.74) is 0. The van der Waals surface area contributed by atoms with Gasteiger partial charge in [0.15, 0.2) is 0 Å². The highest BCUT2D eigenvalue weighted by Gasteiger charge is 2.16. The molecule has 0 aliphatic heterocycles. The maximum Gasteiger partial charge on any atom is 0.00645 e. The van der Waals surface area contributed by atoms with Crippen LogP contribution in [0.15, 0.2) is 0 Å². The average molecular weight is 197 g/mol. The van der Waals surface area contributed by atoms with E-state index in [-0.39, 0.29) is 0 Å². The molecule has 0 aromatic rings. The SMILES string of the molecule is CCCNC(CC)CCC1CCCC1. The lowest BCUT2D eigenvalue weighted by molar-refractivity contribution is 0.397. The molecular weight excluding hydrogens is 170 g/mol. The predicted octanol–water partition coefficient (Wildman–Crippen LogP) is 3.74. The van der Waals surface area contributed by atoms with E-state index in [2.05, 4.69) is 19.2 Å². The molecule has 84 valence electrons. The van der Waals surface area contributed by atoms with Crippen LogP contribution in [-0.2, 0) is 0 Å². The molecule has 0 heterocycles. The normalized spacial score (nSPS) is 20.1. The summed E-state index contributed by atoms with van der Waals surface area (Å²) in [5, 5.41) is 3.64. The van der Waals surface area contributed by atoms with Crippen LogP contribution in [0.4, 0.5) is 0 Å². The summed E-state index contributed by atoms with van der Waals surface area (Å²) in [7, 11) is 0. The van der Waals surface area contributed by atoms with Crippen molar-refractivity contribution in [3.8, 4) is 0 Å². The molecule has 1 rings (SSSR count). The molecule has 0 bridgehead atoms. The standard InChI is InChI=1S/C13H27N/c1-3-11-14-13(4-2)10-9-12-7-5-6-8-12/h12-14H,3-11H2,1-2H3. The highest BCUT2D eigenvalue weighted by Crippen LogP contribution is 2.29. The van der Waals surface area contributed by atoms with Gasteiger partial charge in [-0.15, -0.1) is 0 Å². The Balaban J connectivity index is 2.06. The van der Waals surface area contributed by atoms with Crippen LogP contribution in [0, 0.1) is 5.92 Å². The van der Waals surface area contributed by atoms with E-state index in [1.807, 2.05) is 0 Å². The maximum atomic E-state index is 3.64. The number of hydrogen-bond acceptors (Lipinski definition) is 1. The quantitative estimate of drug-likeness (QED) is 0.655. The minimum absolute atomic E-state index is 0.788. The van der Waals surface area contributed by atoms with Crippen molar-refractivity contribution >= 4 is 0 Å². The van der Waals surface area contributed by atoms with Gasteiger partial charge in [0.1, 0.15) is 0 Å². The van der Waals surface area contributed by atoms with Crippen LogP contribution in [0.5, 0.6) is 0 Å². The summed E-state index contributed by atoms with van der Waals surface area (Å²) in [6, 6.07) is 0.788. The van der Waals surface area contributed by atoms with Crippen LogP contribution in [0.3, 0.4) is 0 Å². The van der Waals surface area contributed by atoms with Crippen molar-refractivity contribution < 1.29 is 0 Å². The third-order valence-corrected chi connectivity index (χ3v) is 3.57. The van der Waals surface area contributed by atoms with Gasteiger partial charge in [-0.2, -0.15) is 0 Å². The van der Waals surface area contributed by atoms with Gasteiger partial charge in [0.2, 0.25) is 0 Å². The number of nitrogens with one attached hydrogen (secondary N) is 1. The fourth-order valence-electron chi connectivity index (χ4n) is 2.53. The molecule has 1 unspecified atom stereocenters. The van der Waals surface area contributed by atoms with Crippen molar-refractivity contribution in [3.05, 3.63) is 0 Å². The molecule has 0 radical (unpaired) electrons. The molecule has 14 heavy (non-hydrogen) atoms. The maximum absolute atomic E-state index is 3.64. The van der Waals surface area contributed by atoms with Gasteiger partial charge in [-0.3, -0.25) is 0 Å². The van der Waals surface area contributed by atoms with E-state index < -0.39 is 0 Å². The monoisotopic (exact) mass is 197 g/mol. The molecule has 1 fully saturated rings. The average Bonchev–Trinajstić information content (AvgIpc) is 2.71. The first kappa shape index (κ1) is 12.0. The lowest BCUT2D eigenvalue weighted by Crippen LogP contribution is -2.29. The number of hydrogen-bond donors (Lipinski definition) is 1. The van der Waals surface area contributed by atoms with Crippen molar-refractivity contribution in [3.63, 3.8) is 0 Å². The Kier molecular flexibility index (Phi) is 6.25. The Bertz CT molecular complexity index is 127. The second-order valence-electron chi connectivity index (χ2n) is 4.79. The molecule has 0 aromatic heterocycles. The topological polar surface area (TPSA) is 12.0 Å². The van der Waals surface area contributed by atoms with E-state index in [1.165, 1.54) is 57.9 Å². The molecular formula is C13H27N. The molecule has 0 amide bonds. The van der Waals surface area contributed by atoms with E-state index >= 15 is 0 Å². The minimum Gasteiger partial charge on any atom is -0.314 e. The van der Waals surface area contributed by atoms with Gasteiger partial charge < -0.3 is 5.32 Å². The molecule has 1 atom stereocenters. The Morgan fingerprint density at radius 1 is 1.21 bits per heavy atom. The van der Waals surface area contributed by atoms with E-state index in [0.29, 0.717) is 0 Å². The van der Waals surface area contributed by atoms with Gasteiger partial charge >= 0.3 is 0 Å². The molecule has 0 aromatic carbocycles. The van der Waals surface area contributed by atoms with Gasteiger partial charge in [0, 0.05) is 6.04 Å². The van der Waals surface area contributed by atoms with E-state index in [0.717, 1.165) is 12.0 Å². The van der Waals surface area contributed by atoms with Gasteiger partial charge in [0.05, 0.1) is 0 Å². The van der Waals surface area contributed by atoms with E-state index in [4.69, 9.17) is 0 Å². The molecule has 1 heteroatoms. The molecule has 0 spiro atoms. The highest BCUT2D eigenvalue weighted by atomic mass is 14.9. The minimum atomic E-state index is 0.788. The van der Waals surface area contributed by atoms with Crippen LogP contribution >= 0.6 is 0 Å². The van der Waals surface area contributed by atoms with Crippen LogP contribution in [0.2, 0.25) is 0 Å². The fraction of sp³-hybridized carbons (Fsp3) is 1.00. The van der Waals surface area contributed by atoms with E-state index in [9.17, 15) is 0 Å². The first-order valence-electron chi connectivity index (χ1n) is 6.60.